The highest BCUT2D eigenvalue weighted by atomic mass is 16.5. The highest BCUT2D eigenvalue weighted by Crippen LogP contribution is 2.07. The Morgan fingerprint density at radius 1 is 1.38 bits per heavy atom. The van der Waals surface area contributed by atoms with Crippen molar-refractivity contribution in [2.45, 2.75) is 20.0 Å². The van der Waals surface area contributed by atoms with Crippen molar-refractivity contribution >= 4 is 0 Å². The fourth-order valence-corrected chi connectivity index (χ4v) is 1.25. The smallest absolute Gasteiger partial charge is 0.127 e. The second-order valence-corrected chi connectivity index (χ2v) is 4.24. The van der Waals surface area contributed by atoms with Gasteiger partial charge in [0.2, 0.25) is 0 Å². The number of para-hydroxylation sites is 1. The summed E-state index contributed by atoms with van der Waals surface area (Å²) in [6.07, 6.45) is -0.479. The lowest BCUT2D eigenvalue weighted by Gasteiger charge is -2.14. The van der Waals surface area contributed by atoms with Crippen LogP contribution < -0.4 is 10.1 Å². The largest absolute Gasteiger partial charge is 0.490 e. The quantitative estimate of drug-likeness (QED) is 0.734. The van der Waals surface area contributed by atoms with Gasteiger partial charge in [-0.25, -0.2) is 0 Å². The summed E-state index contributed by atoms with van der Waals surface area (Å²) in [6, 6.07) is 10.3. The Labute approximate surface area is 97.4 Å². The summed E-state index contributed by atoms with van der Waals surface area (Å²) >= 11 is 0. The molecule has 16 heavy (non-hydrogen) atoms. The maximum absolute atomic E-state index is 9.62. The van der Waals surface area contributed by atoms with E-state index >= 15 is 0 Å². The van der Waals surface area contributed by atoms with E-state index in [9.17, 15) is 5.11 Å². The van der Waals surface area contributed by atoms with Crippen molar-refractivity contribution < 1.29 is 9.84 Å². The van der Waals surface area contributed by atoms with Crippen molar-refractivity contribution in [1.29, 1.82) is 0 Å². The van der Waals surface area contributed by atoms with Gasteiger partial charge >= 0.3 is 0 Å². The third kappa shape index (κ3) is 5.73. The van der Waals surface area contributed by atoms with E-state index in [4.69, 9.17) is 4.74 Å². The van der Waals surface area contributed by atoms with Crippen molar-refractivity contribution in [3.63, 3.8) is 0 Å². The predicted octanol–water partition coefficient (Wildman–Crippen LogP) is 1.47. The number of rotatable bonds is 7. The summed E-state index contributed by atoms with van der Waals surface area (Å²) in [5.74, 6) is 1.26. The zero-order valence-electron chi connectivity index (χ0n) is 9.94. The van der Waals surface area contributed by atoms with Crippen molar-refractivity contribution in [2.75, 3.05) is 19.7 Å². The van der Waals surface area contributed by atoms with Crippen LogP contribution in [0.5, 0.6) is 5.75 Å². The minimum absolute atomic E-state index is 0.297. The molecule has 0 aliphatic carbocycles. The predicted molar refractivity (Wildman–Crippen MR) is 64.5 cm³/mol. The van der Waals surface area contributed by atoms with Gasteiger partial charge in [0.25, 0.3) is 0 Å². The normalized spacial score (nSPS) is 12.8. The van der Waals surface area contributed by atoms with Crippen LogP contribution in [0.1, 0.15) is 13.8 Å². The fraction of sp³-hybridized carbons (Fsp3) is 0.538. The molecule has 0 aromatic heterocycles. The molecule has 3 nitrogen and oxygen atoms in total. The molecule has 1 rings (SSSR count). The molecular formula is C13H20NO2. The monoisotopic (exact) mass is 222 g/mol. The number of ether oxygens (including phenoxy) is 1. The lowest BCUT2D eigenvalue weighted by molar-refractivity contribution is 0.105. The molecule has 1 unspecified atom stereocenters. The molecule has 2 N–H and O–H groups in total. The average Bonchev–Trinajstić information content (AvgIpc) is 2.27. The Bertz CT molecular complexity index is 275. The third-order valence-corrected chi connectivity index (χ3v) is 2.04. The van der Waals surface area contributed by atoms with Crippen LogP contribution in [0.25, 0.3) is 0 Å². The summed E-state index contributed by atoms with van der Waals surface area (Å²) in [5, 5.41) is 12.8. The molecule has 3 heteroatoms. The first-order valence-electron chi connectivity index (χ1n) is 5.66. The number of hydrogen-bond donors (Lipinski definition) is 2. The third-order valence-electron chi connectivity index (χ3n) is 2.04. The van der Waals surface area contributed by atoms with Gasteiger partial charge in [0.15, 0.2) is 0 Å². The van der Waals surface area contributed by atoms with Gasteiger partial charge in [-0.3, -0.25) is 0 Å². The van der Waals surface area contributed by atoms with Crippen LogP contribution in [0.2, 0.25) is 0 Å². The van der Waals surface area contributed by atoms with Gasteiger partial charge in [-0.15, -0.1) is 0 Å². The summed E-state index contributed by atoms with van der Waals surface area (Å²) < 4.78 is 5.38. The summed E-state index contributed by atoms with van der Waals surface area (Å²) in [6.45, 7) is 6.04. The van der Waals surface area contributed by atoms with Gasteiger partial charge in [-0.1, -0.05) is 32.0 Å². The van der Waals surface area contributed by atoms with Crippen molar-refractivity contribution in [3.05, 3.63) is 30.3 Å². The van der Waals surface area contributed by atoms with Gasteiger partial charge in [0, 0.05) is 12.6 Å². The molecule has 0 amide bonds. The van der Waals surface area contributed by atoms with E-state index in [1.807, 2.05) is 18.2 Å². The van der Waals surface area contributed by atoms with Gasteiger partial charge in [0.05, 0.1) is 0 Å². The molecule has 0 spiro atoms. The first-order chi connectivity index (χ1) is 7.68. The van der Waals surface area contributed by atoms with Gasteiger partial charge in [0.1, 0.15) is 18.5 Å². The van der Waals surface area contributed by atoms with E-state index in [0.717, 1.165) is 6.54 Å². The number of aliphatic hydroxyl groups is 1. The Morgan fingerprint density at radius 3 is 2.81 bits per heavy atom. The lowest BCUT2D eigenvalue weighted by Crippen LogP contribution is -2.33. The van der Waals surface area contributed by atoms with E-state index in [1.165, 1.54) is 0 Å². The number of aliphatic hydroxyl groups excluding tert-OH is 1. The van der Waals surface area contributed by atoms with Gasteiger partial charge in [-0.05, 0) is 18.5 Å². The van der Waals surface area contributed by atoms with Crippen LogP contribution in [-0.4, -0.2) is 30.9 Å². The second-order valence-electron chi connectivity index (χ2n) is 4.24. The van der Waals surface area contributed by atoms with E-state index < -0.39 is 6.10 Å². The van der Waals surface area contributed by atoms with Crippen LogP contribution in [0.15, 0.2) is 24.3 Å². The molecule has 0 heterocycles. The molecule has 0 bridgehead atoms. The Kier molecular flexibility index (Phi) is 5.90. The fourth-order valence-electron chi connectivity index (χ4n) is 1.25. The van der Waals surface area contributed by atoms with Crippen LogP contribution >= 0.6 is 0 Å². The first kappa shape index (κ1) is 13.0. The Balaban J connectivity index is 2.13. The second kappa shape index (κ2) is 7.25. The van der Waals surface area contributed by atoms with Crippen LogP contribution in [-0.2, 0) is 0 Å². The van der Waals surface area contributed by atoms with Crippen molar-refractivity contribution in [2.24, 2.45) is 5.92 Å². The van der Waals surface area contributed by atoms with Crippen LogP contribution in [0.3, 0.4) is 0 Å². The summed E-state index contributed by atoms with van der Waals surface area (Å²) in [5.41, 5.74) is 0. The molecule has 1 radical (unpaired) electrons. The minimum Gasteiger partial charge on any atom is -0.490 e. The SMILES string of the molecule is CC(C)CNCC(O)COc1[c]cccc1. The maximum Gasteiger partial charge on any atom is 0.127 e. The summed E-state index contributed by atoms with van der Waals surface area (Å²) in [7, 11) is 0. The number of hydrogen-bond acceptors (Lipinski definition) is 3. The Morgan fingerprint density at radius 2 is 2.19 bits per heavy atom. The zero-order chi connectivity index (χ0) is 11.8. The van der Waals surface area contributed by atoms with Crippen molar-refractivity contribution in [3.8, 4) is 5.75 Å². The van der Waals surface area contributed by atoms with E-state index in [0.29, 0.717) is 24.8 Å². The molecule has 0 aliphatic rings. The zero-order valence-corrected chi connectivity index (χ0v) is 9.94. The standard InChI is InChI=1S/C13H20NO2/c1-11(2)8-14-9-12(15)10-16-13-6-4-3-5-7-13/h3-6,11-12,14-15H,8-10H2,1-2H3. The van der Waals surface area contributed by atoms with Crippen molar-refractivity contribution in [1.82, 2.24) is 5.32 Å². The van der Waals surface area contributed by atoms with Crippen LogP contribution in [0, 0.1) is 12.0 Å². The first-order valence-corrected chi connectivity index (χ1v) is 5.66. The van der Waals surface area contributed by atoms with Gasteiger partial charge < -0.3 is 15.2 Å². The molecule has 1 aromatic carbocycles. The Hall–Kier alpha value is -1.06. The number of benzene rings is 1. The van der Waals surface area contributed by atoms with Gasteiger partial charge in [-0.2, -0.15) is 0 Å². The van der Waals surface area contributed by atoms with E-state index in [1.54, 1.807) is 6.07 Å². The molecular weight excluding hydrogens is 202 g/mol. The highest BCUT2D eigenvalue weighted by molar-refractivity contribution is 5.19. The molecule has 0 fully saturated rings. The van der Waals surface area contributed by atoms with Crippen LogP contribution in [0.4, 0.5) is 0 Å². The molecule has 1 aromatic rings. The minimum atomic E-state index is -0.479. The van der Waals surface area contributed by atoms with E-state index in [-0.39, 0.29) is 0 Å². The number of nitrogens with one attached hydrogen (secondary N) is 1. The summed E-state index contributed by atoms with van der Waals surface area (Å²) in [4.78, 5) is 0. The van der Waals surface area contributed by atoms with E-state index in [2.05, 4.69) is 25.2 Å². The topological polar surface area (TPSA) is 41.5 Å². The highest BCUT2D eigenvalue weighted by Gasteiger charge is 2.05. The molecule has 1 atom stereocenters. The molecule has 0 saturated heterocycles. The maximum atomic E-state index is 9.62. The average molecular weight is 222 g/mol. The molecule has 0 saturated carbocycles. The molecule has 89 valence electrons. The molecule has 0 aliphatic heterocycles. The lowest BCUT2D eigenvalue weighted by atomic mass is 10.2.